The fourth-order valence-corrected chi connectivity index (χ4v) is 1.51. The second-order valence-corrected chi connectivity index (χ2v) is 3.86. The third kappa shape index (κ3) is 3.31. The molecule has 2 aromatic heterocycles. The topological polar surface area (TPSA) is 85.8 Å². The molecule has 2 heterocycles. The van der Waals surface area contributed by atoms with Gasteiger partial charge in [0.2, 0.25) is 0 Å². The highest BCUT2D eigenvalue weighted by Crippen LogP contribution is 2.00. The Hall–Kier alpha value is -2.37. The van der Waals surface area contributed by atoms with E-state index in [2.05, 4.69) is 15.4 Å². The lowest BCUT2D eigenvalue weighted by molar-refractivity contribution is 0.0947. The van der Waals surface area contributed by atoms with Gasteiger partial charge in [-0.15, -0.1) is 0 Å². The van der Waals surface area contributed by atoms with Gasteiger partial charge in [0.1, 0.15) is 5.69 Å². The monoisotopic (exact) mass is 245 g/mol. The molecular formula is C12H15N5O. The fraction of sp³-hybridized carbons (Fsp3) is 0.250. The van der Waals surface area contributed by atoms with Gasteiger partial charge in [-0.2, -0.15) is 5.10 Å². The summed E-state index contributed by atoms with van der Waals surface area (Å²) in [6.45, 7) is 1.37. The molecule has 0 bridgehead atoms. The van der Waals surface area contributed by atoms with E-state index in [1.165, 1.54) is 6.20 Å². The molecule has 0 aromatic carbocycles. The number of nitrogens with one attached hydrogen (secondary N) is 1. The van der Waals surface area contributed by atoms with Gasteiger partial charge in [0.05, 0.1) is 11.9 Å². The standard InChI is InChI=1S/C12H15N5O/c13-10-3-4-11(15-9-10)12(18)14-5-1-7-17-8-2-6-16-17/h2-4,6,8-9H,1,5,7,13H2,(H,14,18). The molecule has 0 aliphatic heterocycles. The Kier molecular flexibility index (Phi) is 3.90. The largest absolute Gasteiger partial charge is 0.397 e. The van der Waals surface area contributed by atoms with Crippen LogP contribution in [0.2, 0.25) is 0 Å². The quantitative estimate of drug-likeness (QED) is 0.758. The predicted molar refractivity (Wildman–Crippen MR) is 67.8 cm³/mol. The first-order chi connectivity index (χ1) is 8.75. The van der Waals surface area contributed by atoms with Crippen molar-refractivity contribution in [1.29, 1.82) is 0 Å². The average Bonchev–Trinajstić information content (AvgIpc) is 2.88. The molecule has 94 valence electrons. The van der Waals surface area contributed by atoms with Gasteiger partial charge in [-0.3, -0.25) is 9.48 Å². The third-order valence-corrected chi connectivity index (χ3v) is 2.43. The maximum atomic E-state index is 11.7. The summed E-state index contributed by atoms with van der Waals surface area (Å²) in [5, 5.41) is 6.88. The van der Waals surface area contributed by atoms with E-state index in [0.29, 0.717) is 17.9 Å². The number of carbonyl (C=O) groups excluding carboxylic acids is 1. The Labute approximate surface area is 105 Å². The van der Waals surface area contributed by atoms with Crippen LogP contribution in [-0.4, -0.2) is 27.2 Å². The summed E-state index contributed by atoms with van der Waals surface area (Å²) < 4.78 is 1.83. The van der Waals surface area contributed by atoms with Crippen molar-refractivity contribution in [2.24, 2.45) is 0 Å². The van der Waals surface area contributed by atoms with E-state index in [-0.39, 0.29) is 5.91 Å². The van der Waals surface area contributed by atoms with Crippen LogP contribution in [0.3, 0.4) is 0 Å². The number of carbonyl (C=O) groups is 1. The second kappa shape index (κ2) is 5.81. The van der Waals surface area contributed by atoms with Crippen molar-refractivity contribution in [1.82, 2.24) is 20.1 Å². The molecule has 2 rings (SSSR count). The molecule has 0 radical (unpaired) electrons. The van der Waals surface area contributed by atoms with Crippen molar-refractivity contribution < 1.29 is 4.79 Å². The number of nitrogen functional groups attached to an aromatic ring is 1. The number of anilines is 1. The molecule has 0 atom stereocenters. The van der Waals surface area contributed by atoms with E-state index < -0.39 is 0 Å². The molecule has 18 heavy (non-hydrogen) atoms. The first-order valence-electron chi connectivity index (χ1n) is 5.73. The molecule has 1 amide bonds. The van der Waals surface area contributed by atoms with E-state index in [0.717, 1.165) is 13.0 Å². The molecule has 6 heteroatoms. The third-order valence-electron chi connectivity index (χ3n) is 2.43. The number of hydrogen-bond acceptors (Lipinski definition) is 4. The minimum Gasteiger partial charge on any atom is -0.397 e. The van der Waals surface area contributed by atoms with Crippen molar-refractivity contribution in [2.45, 2.75) is 13.0 Å². The number of pyridine rings is 1. The number of nitrogens with zero attached hydrogens (tertiary/aromatic N) is 3. The average molecular weight is 245 g/mol. The van der Waals surface area contributed by atoms with Crippen LogP contribution in [0.5, 0.6) is 0 Å². The van der Waals surface area contributed by atoms with Crippen LogP contribution in [0.25, 0.3) is 0 Å². The highest BCUT2D eigenvalue weighted by atomic mass is 16.1. The van der Waals surface area contributed by atoms with Gasteiger partial charge in [0.25, 0.3) is 5.91 Å². The Morgan fingerprint density at radius 3 is 3.00 bits per heavy atom. The van der Waals surface area contributed by atoms with Crippen molar-refractivity contribution in [2.75, 3.05) is 12.3 Å². The lowest BCUT2D eigenvalue weighted by Crippen LogP contribution is -2.26. The Balaban J connectivity index is 1.73. The maximum absolute atomic E-state index is 11.7. The van der Waals surface area contributed by atoms with Crippen molar-refractivity contribution in [3.05, 3.63) is 42.5 Å². The van der Waals surface area contributed by atoms with Crippen molar-refractivity contribution in [3.63, 3.8) is 0 Å². The zero-order valence-corrected chi connectivity index (χ0v) is 9.91. The number of rotatable bonds is 5. The Bertz CT molecular complexity index is 492. The van der Waals surface area contributed by atoms with Crippen LogP contribution < -0.4 is 11.1 Å². The molecule has 0 fully saturated rings. The predicted octanol–water partition coefficient (Wildman–Crippen LogP) is 0.680. The molecule has 6 nitrogen and oxygen atoms in total. The van der Waals surface area contributed by atoms with Gasteiger partial charge in [0.15, 0.2) is 0 Å². The summed E-state index contributed by atoms with van der Waals surface area (Å²) in [6, 6.07) is 5.14. The molecule has 0 unspecified atom stereocenters. The van der Waals surface area contributed by atoms with E-state index >= 15 is 0 Å². The minimum absolute atomic E-state index is 0.185. The molecule has 0 aliphatic rings. The number of aromatic nitrogens is 3. The van der Waals surface area contributed by atoms with Crippen LogP contribution in [0.1, 0.15) is 16.9 Å². The molecule has 0 aliphatic carbocycles. The zero-order valence-electron chi connectivity index (χ0n) is 9.91. The van der Waals surface area contributed by atoms with Gasteiger partial charge < -0.3 is 11.1 Å². The number of hydrogen-bond donors (Lipinski definition) is 2. The van der Waals surface area contributed by atoms with Gasteiger partial charge in [-0.1, -0.05) is 0 Å². The number of amides is 1. The summed E-state index contributed by atoms with van der Waals surface area (Å²) in [4.78, 5) is 15.6. The molecule has 0 saturated heterocycles. The number of nitrogens with two attached hydrogens (primary N) is 1. The van der Waals surface area contributed by atoms with Crippen LogP contribution in [0.4, 0.5) is 5.69 Å². The highest BCUT2D eigenvalue weighted by molar-refractivity contribution is 5.92. The van der Waals surface area contributed by atoms with Crippen molar-refractivity contribution >= 4 is 11.6 Å². The van der Waals surface area contributed by atoms with Gasteiger partial charge >= 0.3 is 0 Å². The summed E-state index contributed by atoms with van der Waals surface area (Å²) >= 11 is 0. The fourth-order valence-electron chi connectivity index (χ4n) is 1.51. The van der Waals surface area contributed by atoms with Gasteiger partial charge in [0, 0.05) is 25.5 Å². The molecule has 2 aromatic rings. The highest BCUT2D eigenvalue weighted by Gasteiger charge is 2.05. The first-order valence-corrected chi connectivity index (χ1v) is 5.73. The van der Waals surface area contributed by atoms with Crippen LogP contribution in [0.15, 0.2) is 36.8 Å². The molecular weight excluding hydrogens is 230 g/mol. The smallest absolute Gasteiger partial charge is 0.269 e. The van der Waals surface area contributed by atoms with Crippen LogP contribution in [0, 0.1) is 0 Å². The maximum Gasteiger partial charge on any atom is 0.269 e. The summed E-state index contributed by atoms with van der Waals surface area (Å²) in [5.41, 5.74) is 6.42. The zero-order chi connectivity index (χ0) is 12.8. The second-order valence-electron chi connectivity index (χ2n) is 3.86. The van der Waals surface area contributed by atoms with E-state index in [1.807, 2.05) is 16.9 Å². The normalized spacial score (nSPS) is 10.2. The summed E-state index contributed by atoms with van der Waals surface area (Å²) in [6.07, 6.45) is 5.92. The van der Waals surface area contributed by atoms with Crippen molar-refractivity contribution in [3.8, 4) is 0 Å². The van der Waals surface area contributed by atoms with Gasteiger partial charge in [-0.25, -0.2) is 4.98 Å². The summed E-state index contributed by atoms with van der Waals surface area (Å²) in [5.74, 6) is -0.185. The first kappa shape index (κ1) is 12.1. The lowest BCUT2D eigenvalue weighted by Gasteiger charge is -2.05. The van der Waals surface area contributed by atoms with Gasteiger partial charge in [-0.05, 0) is 24.6 Å². The summed E-state index contributed by atoms with van der Waals surface area (Å²) in [7, 11) is 0. The molecule has 0 saturated carbocycles. The van der Waals surface area contributed by atoms with Crippen LogP contribution in [-0.2, 0) is 6.54 Å². The Morgan fingerprint density at radius 1 is 1.44 bits per heavy atom. The Morgan fingerprint density at radius 2 is 2.33 bits per heavy atom. The van der Waals surface area contributed by atoms with E-state index in [1.54, 1.807) is 18.3 Å². The van der Waals surface area contributed by atoms with E-state index in [4.69, 9.17) is 5.73 Å². The lowest BCUT2D eigenvalue weighted by atomic mass is 10.3. The SMILES string of the molecule is Nc1ccc(C(=O)NCCCn2cccn2)nc1. The minimum atomic E-state index is -0.185. The molecule has 0 spiro atoms. The van der Waals surface area contributed by atoms with E-state index in [9.17, 15) is 4.79 Å². The molecule has 3 N–H and O–H groups in total. The van der Waals surface area contributed by atoms with Crippen LogP contribution >= 0.6 is 0 Å². The number of aryl methyl sites for hydroxylation is 1.